The molecule has 5 atom stereocenters. The molecule has 6 heteroatoms. The number of Topliss-reactive ketones (excluding diaryl/α,β-unsaturated/α-hetero) is 2. The molecule has 2 aliphatic rings. The average Bonchev–Trinajstić information content (AvgIpc) is 2.89. The molecule has 28 heavy (non-hydrogen) atoms. The zero-order chi connectivity index (χ0) is 20.9. The molecule has 0 aromatic rings. The van der Waals surface area contributed by atoms with Crippen molar-refractivity contribution in [1.82, 2.24) is 0 Å². The van der Waals surface area contributed by atoms with Crippen LogP contribution < -0.4 is 0 Å². The summed E-state index contributed by atoms with van der Waals surface area (Å²) in [6.07, 6.45) is 4.66. The van der Waals surface area contributed by atoms with Gasteiger partial charge in [0, 0.05) is 13.0 Å². The van der Waals surface area contributed by atoms with Gasteiger partial charge in [-0.2, -0.15) is 0 Å². The third-order valence-corrected chi connectivity index (χ3v) is 6.01. The molecule has 0 aliphatic carbocycles. The molecule has 1 N–H and O–H groups in total. The SMILES string of the molecule is CCC[C@H]1C(=O)CC(=O)O[C@@H]1CC(=O)/C(C)=C/C[C@@H]1O[C@@](C)(CCO)C[C@@H]1C. The first-order valence-corrected chi connectivity index (χ1v) is 10.4. The summed E-state index contributed by atoms with van der Waals surface area (Å²) in [7, 11) is 0. The van der Waals surface area contributed by atoms with E-state index in [0.717, 1.165) is 12.8 Å². The van der Waals surface area contributed by atoms with E-state index < -0.39 is 12.1 Å². The molecule has 2 rings (SSSR count). The van der Waals surface area contributed by atoms with Crippen molar-refractivity contribution in [2.75, 3.05) is 6.61 Å². The zero-order valence-electron chi connectivity index (χ0n) is 17.5. The van der Waals surface area contributed by atoms with E-state index in [-0.39, 0.29) is 48.6 Å². The number of allylic oxidation sites excluding steroid dienone is 1. The van der Waals surface area contributed by atoms with Gasteiger partial charge in [0.05, 0.1) is 17.6 Å². The number of esters is 1. The fourth-order valence-corrected chi connectivity index (χ4v) is 4.39. The molecular formula is C22H34O6. The summed E-state index contributed by atoms with van der Waals surface area (Å²) in [5, 5.41) is 9.21. The van der Waals surface area contributed by atoms with Crippen LogP contribution in [0.4, 0.5) is 0 Å². The smallest absolute Gasteiger partial charge is 0.313 e. The lowest BCUT2D eigenvalue weighted by molar-refractivity contribution is -0.164. The van der Waals surface area contributed by atoms with Gasteiger partial charge >= 0.3 is 5.97 Å². The highest BCUT2D eigenvalue weighted by Crippen LogP contribution is 2.38. The topological polar surface area (TPSA) is 89.9 Å². The molecule has 0 bridgehead atoms. The first-order valence-electron chi connectivity index (χ1n) is 10.4. The predicted octanol–water partition coefficient (Wildman–Crippen LogP) is 3.15. The molecule has 2 aliphatic heterocycles. The van der Waals surface area contributed by atoms with Crippen LogP contribution in [0.1, 0.15) is 72.6 Å². The number of aliphatic hydroxyl groups excluding tert-OH is 1. The van der Waals surface area contributed by atoms with Gasteiger partial charge in [-0.05, 0) is 51.0 Å². The number of ketones is 2. The number of ether oxygens (including phenoxy) is 2. The Hall–Kier alpha value is -1.53. The largest absolute Gasteiger partial charge is 0.461 e. The number of cyclic esters (lactones) is 1. The number of hydrogen-bond acceptors (Lipinski definition) is 6. The van der Waals surface area contributed by atoms with E-state index in [9.17, 15) is 19.5 Å². The molecule has 6 nitrogen and oxygen atoms in total. The Labute approximate surface area is 167 Å². The molecule has 0 aromatic carbocycles. The Balaban J connectivity index is 1.96. The van der Waals surface area contributed by atoms with Crippen molar-refractivity contribution in [2.24, 2.45) is 11.8 Å². The number of aliphatic hydroxyl groups is 1. The summed E-state index contributed by atoms with van der Waals surface area (Å²) in [4.78, 5) is 36.4. The standard InChI is InChI=1S/C22H34O6/c1-5-6-16-18(25)12-21(26)27-20(16)11-17(24)14(2)7-8-19-15(3)13-22(4,28-19)9-10-23/h7,15-16,19-20,23H,5-6,8-13H2,1-4H3/b14-7+/t15-,16-,19-,20+,22-/m0/s1. The lowest BCUT2D eigenvalue weighted by Gasteiger charge is -2.29. The van der Waals surface area contributed by atoms with Gasteiger partial charge in [0.25, 0.3) is 0 Å². The van der Waals surface area contributed by atoms with Gasteiger partial charge in [0.15, 0.2) is 11.6 Å². The Morgan fingerprint density at radius 1 is 1.32 bits per heavy atom. The van der Waals surface area contributed by atoms with Gasteiger partial charge in [0.1, 0.15) is 12.5 Å². The first-order chi connectivity index (χ1) is 13.2. The van der Waals surface area contributed by atoms with Crippen molar-refractivity contribution in [1.29, 1.82) is 0 Å². The maximum Gasteiger partial charge on any atom is 0.313 e. The third kappa shape index (κ3) is 5.74. The molecule has 0 unspecified atom stereocenters. The van der Waals surface area contributed by atoms with Crippen LogP contribution in [0.5, 0.6) is 0 Å². The molecule has 2 heterocycles. The van der Waals surface area contributed by atoms with Crippen molar-refractivity contribution < 1.29 is 29.0 Å². The van der Waals surface area contributed by atoms with Crippen LogP contribution in [0.2, 0.25) is 0 Å². The van der Waals surface area contributed by atoms with E-state index in [2.05, 4.69) is 6.92 Å². The summed E-state index contributed by atoms with van der Waals surface area (Å²) in [6.45, 7) is 7.97. The predicted molar refractivity (Wildman–Crippen MR) is 105 cm³/mol. The van der Waals surface area contributed by atoms with Crippen molar-refractivity contribution >= 4 is 17.5 Å². The summed E-state index contributed by atoms with van der Waals surface area (Å²) >= 11 is 0. The molecule has 0 amide bonds. The van der Waals surface area contributed by atoms with Crippen LogP contribution in [-0.4, -0.2) is 47.1 Å². The molecule has 0 spiro atoms. The highest BCUT2D eigenvalue weighted by molar-refractivity contribution is 6.01. The Bertz CT molecular complexity index is 625. The summed E-state index contributed by atoms with van der Waals surface area (Å²) in [5.41, 5.74) is 0.296. The average molecular weight is 395 g/mol. The molecule has 0 aromatic heterocycles. The van der Waals surface area contributed by atoms with Crippen LogP contribution in [0.25, 0.3) is 0 Å². The molecule has 0 saturated carbocycles. The van der Waals surface area contributed by atoms with Crippen molar-refractivity contribution in [2.45, 2.75) is 90.4 Å². The summed E-state index contributed by atoms with van der Waals surface area (Å²) in [5.74, 6) is -0.780. The number of hydrogen-bond donors (Lipinski definition) is 1. The van der Waals surface area contributed by atoms with E-state index in [4.69, 9.17) is 9.47 Å². The van der Waals surface area contributed by atoms with Gasteiger partial charge in [0.2, 0.25) is 0 Å². The van der Waals surface area contributed by atoms with E-state index in [1.165, 1.54) is 0 Å². The van der Waals surface area contributed by atoms with Crippen LogP contribution in [0.3, 0.4) is 0 Å². The van der Waals surface area contributed by atoms with Crippen molar-refractivity contribution in [3.8, 4) is 0 Å². The fraction of sp³-hybridized carbons (Fsp3) is 0.773. The lowest BCUT2D eigenvalue weighted by atomic mass is 9.85. The fourth-order valence-electron chi connectivity index (χ4n) is 4.39. The van der Waals surface area contributed by atoms with Gasteiger partial charge in [-0.3, -0.25) is 14.4 Å². The number of rotatable bonds is 9. The quantitative estimate of drug-likeness (QED) is 0.367. The molecule has 0 radical (unpaired) electrons. The minimum Gasteiger partial charge on any atom is -0.461 e. The molecular weight excluding hydrogens is 360 g/mol. The van der Waals surface area contributed by atoms with E-state index in [1.807, 2.05) is 19.9 Å². The molecule has 158 valence electrons. The molecule has 2 fully saturated rings. The Morgan fingerprint density at radius 3 is 2.68 bits per heavy atom. The van der Waals surface area contributed by atoms with Crippen molar-refractivity contribution in [3.05, 3.63) is 11.6 Å². The minimum atomic E-state index is -0.654. The van der Waals surface area contributed by atoms with Crippen molar-refractivity contribution in [3.63, 3.8) is 0 Å². The zero-order valence-corrected chi connectivity index (χ0v) is 17.5. The molecule has 2 saturated heterocycles. The second-order valence-corrected chi connectivity index (χ2v) is 8.58. The summed E-state index contributed by atoms with van der Waals surface area (Å²) in [6, 6.07) is 0. The van der Waals surface area contributed by atoms with Crippen LogP contribution >= 0.6 is 0 Å². The number of carbonyl (C=O) groups is 3. The Morgan fingerprint density at radius 2 is 2.04 bits per heavy atom. The Kier molecular flexibility index (Phi) is 7.96. The van der Waals surface area contributed by atoms with E-state index >= 15 is 0 Å². The first kappa shape index (κ1) is 22.8. The second kappa shape index (κ2) is 9.79. The summed E-state index contributed by atoms with van der Waals surface area (Å²) < 4.78 is 11.5. The van der Waals surface area contributed by atoms with Crippen LogP contribution in [0, 0.1) is 11.8 Å². The van der Waals surface area contributed by atoms with Crippen LogP contribution in [-0.2, 0) is 23.9 Å². The lowest BCUT2D eigenvalue weighted by Crippen LogP contribution is -2.40. The van der Waals surface area contributed by atoms with Gasteiger partial charge in [-0.25, -0.2) is 0 Å². The van der Waals surface area contributed by atoms with E-state index in [0.29, 0.717) is 30.8 Å². The van der Waals surface area contributed by atoms with Gasteiger partial charge in [-0.15, -0.1) is 0 Å². The normalized spacial score (nSPS) is 33.8. The van der Waals surface area contributed by atoms with Crippen LogP contribution in [0.15, 0.2) is 11.6 Å². The maximum atomic E-state index is 12.6. The highest BCUT2D eigenvalue weighted by atomic mass is 16.5. The minimum absolute atomic E-state index is 0.0150. The van der Waals surface area contributed by atoms with Gasteiger partial charge < -0.3 is 14.6 Å². The van der Waals surface area contributed by atoms with E-state index in [1.54, 1.807) is 6.92 Å². The second-order valence-electron chi connectivity index (χ2n) is 8.58. The number of carbonyl (C=O) groups excluding carboxylic acids is 3. The van der Waals surface area contributed by atoms with Gasteiger partial charge in [-0.1, -0.05) is 26.3 Å². The third-order valence-electron chi connectivity index (χ3n) is 6.01. The highest BCUT2D eigenvalue weighted by Gasteiger charge is 2.40. The monoisotopic (exact) mass is 394 g/mol. The maximum absolute atomic E-state index is 12.6.